The highest BCUT2D eigenvalue weighted by molar-refractivity contribution is 14.0. The highest BCUT2D eigenvalue weighted by Gasteiger charge is 2.04. The Morgan fingerprint density at radius 3 is 2.74 bits per heavy atom. The zero-order valence-corrected chi connectivity index (χ0v) is 16.5. The van der Waals surface area contributed by atoms with E-state index in [2.05, 4.69) is 27.5 Å². The molecule has 126 valence electrons. The second-order valence-corrected chi connectivity index (χ2v) is 5.97. The first-order chi connectivity index (χ1) is 10.7. The molecule has 0 aliphatic carbocycles. The molecule has 4 nitrogen and oxygen atoms in total. The van der Waals surface area contributed by atoms with Crippen molar-refractivity contribution in [2.45, 2.75) is 26.3 Å². The Morgan fingerprint density at radius 1 is 1.30 bits per heavy atom. The van der Waals surface area contributed by atoms with Gasteiger partial charge in [-0.05, 0) is 24.5 Å². The molecule has 23 heavy (non-hydrogen) atoms. The number of guanidine groups is 1. The molecule has 0 bridgehead atoms. The van der Waals surface area contributed by atoms with E-state index in [-0.39, 0.29) is 29.8 Å². The van der Waals surface area contributed by atoms with E-state index in [1.165, 1.54) is 10.9 Å². The maximum atomic E-state index is 13.5. The Balaban J connectivity index is 0.00000264. The van der Waals surface area contributed by atoms with Gasteiger partial charge in [-0.3, -0.25) is 4.99 Å². The zero-order chi connectivity index (χ0) is 15.8. The van der Waals surface area contributed by atoms with Crippen LogP contribution in [-0.2, 0) is 19.4 Å². The number of aryl methyl sites for hydroxylation is 1. The summed E-state index contributed by atoms with van der Waals surface area (Å²) in [5, 5.41) is 7.44. The number of benzene rings is 1. The van der Waals surface area contributed by atoms with Crippen LogP contribution >= 0.6 is 35.3 Å². The van der Waals surface area contributed by atoms with E-state index in [0.717, 1.165) is 11.4 Å². The highest BCUT2D eigenvalue weighted by Crippen LogP contribution is 2.12. The molecule has 0 amide bonds. The van der Waals surface area contributed by atoms with Crippen molar-refractivity contribution < 1.29 is 4.39 Å². The molecular formula is C16H22FIN4S. The third-order valence-electron chi connectivity index (χ3n) is 3.23. The topological polar surface area (TPSA) is 49.3 Å². The lowest BCUT2D eigenvalue weighted by Gasteiger charge is -2.11. The van der Waals surface area contributed by atoms with Crippen molar-refractivity contribution in [3.63, 3.8) is 0 Å². The van der Waals surface area contributed by atoms with Crippen molar-refractivity contribution >= 4 is 41.3 Å². The molecular weight excluding hydrogens is 426 g/mol. The largest absolute Gasteiger partial charge is 0.356 e. The Labute approximate surface area is 157 Å². The van der Waals surface area contributed by atoms with Crippen molar-refractivity contribution in [2.24, 2.45) is 4.99 Å². The van der Waals surface area contributed by atoms with Gasteiger partial charge in [0, 0.05) is 24.7 Å². The maximum Gasteiger partial charge on any atom is 0.191 e. The summed E-state index contributed by atoms with van der Waals surface area (Å²) >= 11 is 1.70. The van der Waals surface area contributed by atoms with Gasteiger partial charge in [0.1, 0.15) is 10.8 Å². The third kappa shape index (κ3) is 6.42. The minimum atomic E-state index is -0.165. The zero-order valence-electron chi connectivity index (χ0n) is 13.3. The summed E-state index contributed by atoms with van der Waals surface area (Å²) in [5.74, 6) is 0.534. The molecule has 7 heteroatoms. The monoisotopic (exact) mass is 448 g/mol. The second-order valence-electron chi connectivity index (χ2n) is 4.77. The van der Waals surface area contributed by atoms with E-state index in [9.17, 15) is 4.39 Å². The van der Waals surface area contributed by atoms with Crippen LogP contribution in [0.2, 0.25) is 0 Å². The molecule has 1 aromatic heterocycles. The lowest BCUT2D eigenvalue weighted by atomic mass is 10.1. The van der Waals surface area contributed by atoms with Gasteiger partial charge in [-0.15, -0.1) is 35.3 Å². The first-order valence-corrected chi connectivity index (χ1v) is 8.16. The molecule has 0 unspecified atom stereocenters. The van der Waals surface area contributed by atoms with Gasteiger partial charge in [0.2, 0.25) is 0 Å². The predicted molar refractivity (Wildman–Crippen MR) is 105 cm³/mol. The van der Waals surface area contributed by atoms with Crippen LogP contribution in [0.5, 0.6) is 0 Å². The Kier molecular flexibility index (Phi) is 9.08. The van der Waals surface area contributed by atoms with Crippen molar-refractivity contribution in [2.75, 3.05) is 13.6 Å². The van der Waals surface area contributed by atoms with Crippen molar-refractivity contribution in [3.8, 4) is 0 Å². The number of thiazole rings is 1. The van der Waals surface area contributed by atoms with Gasteiger partial charge in [-0.25, -0.2) is 9.37 Å². The molecule has 0 spiro atoms. The third-order valence-corrected chi connectivity index (χ3v) is 4.37. The lowest BCUT2D eigenvalue weighted by molar-refractivity contribution is 0.606. The average Bonchev–Trinajstić information content (AvgIpc) is 3.00. The fourth-order valence-corrected chi connectivity index (χ4v) is 2.79. The van der Waals surface area contributed by atoms with E-state index in [0.29, 0.717) is 31.0 Å². The van der Waals surface area contributed by atoms with Crippen LogP contribution in [0.4, 0.5) is 4.39 Å². The van der Waals surface area contributed by atoms with E-state index in [1.807, 2.05) is 12.3 Å². The van der Waals surface area contributed by atoms with Gasteiger partial charge >= 0.3 is 0 Å². The molecule has 0 fully saturated rings. The SMILES string of the molecule is CCc1cnc(CNC(=NC)NCCc2ccccc2F)s1.I. The molecule has 0 saturated carbocycles. The number of aromatic nitrogens is 1. The summed E-state index contributed by atoms with van der Waals surface area (Å²) in [5.41, 5.74) is 0.706. The second kappa shape index (κ2) is 10.5. The van der Waals surface area contributed by atoms with Crippen LogP contribution in [0.1, 0.15) is 22.4 Å². The first kappa shape index (κ1) is 19.8. The molecule has 0 atom stereocenters. The Bertz CT molecular complexity index is 630. The first-order valence-electron chi connectivity index (χ1n) is 7.34. The van der Waals surface area contributed by atoms with E-state index in [4.69, 9.17) is 0 Å². The van der Waals surface area contributed by atoms with Gasteiger partial charge in [0.25, 0.3) is 0 Å². The minimum absolute atomic E-state index is 0. The quantitative estimate of drug-likeness (QED) is 0.405. The van der Waals surface area contributed by atoms with Gasteiger partial charge in [-0.1, -0.05) is 25.1 Å². The smallest absolute Gasteiger partial charge is 0.191 e. The average molecular weight is 448 g/mol. The summed E-state index contributed by atoms with van der Waals surface area (Å²) < 4.78 is 13.5. The van der Waals surface area contributed by atoms with Crippen LogP contribution in [0.25, 0.3) is 0 Å². The van der Waals surface area contributed by atoms with E-state index < -0.39 is 0 Å². The number of rotatable bonds is 6. The fraction of sp³-hybridized carbons (Fsp3) is 0.375. The number of hydrogen-bond donors (Lipinski definition) is 2. The number of nitrogens with one attached hydrogen (secondary N) is 2. The van der Waals surface area contributed by atoms with Gasteiger partial charge < -0.3 is 10.6 Å². The normalized spacial score (nSPS) is 11.0. The molecule has 0 aliphatic rings. The summed E-state index contributed by atoms with van der Waals surface area (Å²) in [6, 6.07) is 6.83. The maximum absolute atomic E-state index is 13.5. The van der Waals surface area contributed by atoms with E-state index >= 15 is 0 Å². The van der Waals surface area contributed by atoms with Crippen LogP contribution in [-0.4, -0.2) is 24.5 Å². The Morgan fingerprint density at radius 2 is 2.09 bits per heavy atom. The lowest BCUT2D eigenvalue weighted by Crippen LogP contribution is -2.37. The standard InChI is InChI=1S/C16H21FN4S.HI/c1-3-13-10-20-15(22-13)11-21-16(18-2)19-9-8-12-6-4-5-7-14(12)17;/h4-7,10H,3,8-9,11H2,1-2H3,(H2,18,19,21);1H. The van der Waals surface area contributed by atoms with Crippen LogP contribution in [0, 0.1) is 5.82 Å². The van der Waals surface area contributed by atoms with Gasteiger partial charge in [-0.2, -0.15) is 0 Å². The summed E-state index contributed by atoms with van der Waals surface area (Å²) in [4.78, 5) is 9.79. The Hall–Kier alpha value is -1.22. The highest BCUT2D eigenvalue weighted by atomic mass is 127. The van der Waals surface area contributed by atoms with Crippen molar-refractivity contribution in [3.05, 3.63) is 51.7 Å². The van der Waals surface area contributed by atoms with Crippen molar-refractivity contribution in [1.82, 2.24) is 15.6 Å². The summed E-state index contributed by atoms with van der Waals surface area (Å²) in [6.07, 6.45) is 3.54. The van der Waals surface area contributed by atoms with Gasteiger partial charge in [0.05, 0.1) is 6.54 Å². The number of hydrogen-bond acceptors (Lipinski definition) is 3. The molecule has 0 saturated heterocycles. The van der Waals surface area contributed by atoms with Gasteiger partial charge in [0.15, 0.2) is 5.96 Å². The van der Waals surface area contributed by atoms with Crippen LogP contribution < -0.4 is 10.6 Å². The predicted octanol–water partition coefficient (Wildman–Crippen LogP) is 3.37. The molecule has 2 N–H and O–H groups in total. The van der Waals surface area contributed by atoms with Crippen LogP contribution in [0.3, 0.4) is 0 Å². The number of aliphatic imine (C=N–C) groups is 1. The molecule has 1 heterocycles. The molecule has 1 aromatic carbocycles. The number of halogens is 2. The fourth-order valence-electron chi connectivity index (χ4n) is 1.99. The molecule has 2 rings (SSSR count). The molecule has 0 aliphatic heterocycles. The molecule has 2 aromatic rings. The molecule has 0 radical (unpaired) electrons. The van der Waals surface area contributed by atoms with E-state index in [1.54, 1.807) is 30.5 Å². The van der Waals surface area contributed by atoms with Crippen molar-refractivity contribution in [1.29, 1.82) is 0 Å². The minimum Gasteiger partial charge on any atom is -0.356 e. The van der Waals surface area contributed by atoms with Crippen LogP contribution in [0.15, 0.2) is 35.5 Å². The number of nitrogens with zero attached hydrogens (tertiary/aromatic N) is 2. The summed E-state index contributed by atoms with van der Waals surface area (Å²) in [7, 11) is 1.72. The summed E-state index contributed by atoms with van der Waals surface area (Å²) in [6.45, 7) is 3.39.